The Morgan fingerprint density at radius 3 is 2.58 bits per heavy atom. The van der Waals surface area contributed by atoms with Crippen LogP contribution < -0.4 is 5.32 Å². The third-order valence-corrected chi connectivity index (χ3v) is 5.07. The molecule has 0 spiro atoms. The van der Waals surface area contributed by atoms with Crippen LogP contribution in [0.25, 0.3) is 0 Å². The number of aromatic nitrogens is 2. The van der Waals surface area contributed by atoms with Crippen molar-refractivity contribution in [1.82, 2.24) is 15.1 Å². The maximum Gasteiger partial charge on any atom is 0.220 e. The Kier molecular flexibility index (Phi) is 6.44. The Bertz CT molecular complexity index is 557. The maximum absolute atomic E-state index is 12.2. The monoisotopic (exact) mass is 335 g/mol. The summed E-state index contributed by atoms with van der Waals surface area (Å²) in [5.74, 6) is 0.569. The van der Waals surface area contributed by atoms with Crippen molar-refractivity contribution in [2.75, 3.05) is 6.54 Å². The van der Waals surface area contributed by atoms with Crippen LogP contribution in [-0.2, 0) is 17.8 Å². The number of aliphatic hydroxyl groups is 1. The molecule has 0 radical (unpaired) electrons. The van der Waals surface area contributed by atoms with E-state index < -0.39 is 5.60 Å². The molecule has 24 heavy (non-hydrogen) atoms. The van der Waals surface area contributed by atoms with Gasteiger partial charge in [-0.1, -0.05) is 33.1 Å². The van der Waals surface area contributed by atoms with Gasteiger partial charge in [0.25, 0.3) is 0 Å². The first kappa shape index (κ1) is 19.0. The molecule has 0 aromatic carbocycles. The molecule has 0 saturated heterocycles. The van der Waals surface area contributed by atoms with Gasteiger partial charge in [-0.05, 0) is 44.6 Å². The quantitative estimate of drug-likeness (QED) is 0.805. The van der Waals surface area contributed by atoms with Gasteiger partial charge in [-0.3, -0.25) is 9.48 Å². The van der Waals surface area contributed by atoms with Crippen LogP contribution in [0.4, 0.5) is 0 Å². The highest BCUT2D eigenvalue weighted by molar-refractivity contribution is 5.76. The van der Waals surface area contributed by atoms with E-state index in [9.17, 15) is 9.90 Å². The smallest absolute Gasteiger partial charge is 0.220 e. The molecule has 0 unspecified atom stereocenters. The molecular weight excluding hydrogens is 302 g/mol. The van der Waals surface area contributed by atoms with Gasteiger partial charge in [0, 0.05) is 25.2 Å². The minimum Gasteiger partial charge on any atom is -0.388 e. The van der Waals surface area contributed by atoms with Crippen LogP contribution in [0.15, 0.2) is 0 Å². The standard InChI is InChI=1S/C19H33N3O2/c1-14(2)12-22-16(4)17(15(3)21-22)8-9-18(23)20-13-19(24)10-6-5-7-11-19/h14,24H,5-13H2,1-4H3,(H,20,23). The fraction of sp³-hybridized carbons (Fsp3) is 0.789. The van der Waals surface area contributed by atoms with Crippen molar-refractivity contribution in [2.45, 2.75) is 84.8 Å². The molecule has 2 rings (SSSR count). The predicted octanol–water partition coefficient (Wildman–Crippen LogP) is 2.90. The second-order valence-electron chi connectivity index (χ2n) is 7.79. The SMILES string of the molecule is Cc1nn(CC(C)C)c(C)c1CCC(=O)NCC1(O)CCCCC1. The molecule has 1 fully saturated rings. The van der Waals surface area contributed by atoms with E-state index in [0.29, 0.717) is 25.3 Å². The normalized spacial score (nSPS) is 17.2. The molecular formula is C19H33N3O2. The van der Waals surface area contributed by atoms with Crippen molar-refractivity contribution in [3.05, 3.63) is 17.0 Å². The highest BCUT2D eigenvalue weighted by Crippen LogP contribution is 2.27. The van der Waals surface area contributed by atoms with E-state index >= 15 is 0 Å². The highest BCUT2D eigenvalue weighted by atomic mass is 16.3. The van der Waals surface area contributed by atoms with Gasteiger partial charge in [-0.25, -0.2) is 0 Å². The summed E-state index contributed by atoms with van der Waals surface area (Å²) in [4.78, 5) is 12.2. The molecule has 136 valence electrons. The van der Waals surface area contributed by atoms with Crippen LogP contribution in [0.5, 0.6) is 0 Å². The first-order chi connectivity index (χ1) is 11.3. The third-order valence-electron chi connectivity index (χ3n) is 5.07. The van der Waals surface area contributed by atoms with Crippen molar-refractivity contribution in [2.24, 2.45) is 5.92 Å². The molecule has 0 atom stereocenters. The topological polar surface area (TPSA) is 67.2 Å². The second kappa shape index (κ2) is 8.15. The second-order valence-corrected chi connectivity index (χ2v) is 7.79. The van der Waals surface area contributed by atoms with Crippen LogP contribution in [0.3, 0.4) is 0 Å². The Hall–Kier alpha value is -1.36. The summed E-state index contributed by atoms with van der Waals surface area (Å²) in [5, 5.41) is 18.0. The van der Waals surface area contributed by atoms with Gasteiger partial charge in [0.1, 0.15) is 0 Å². The summed E-state index contributed by atoms with van der Waals surface area (Å²) in [7, 11) is 0. The number of carbonyl (C=O) groups is 1. The zero-order chi connectivity index (χ0) is 17.7. The molecule has 1 saturated carbocycles. The molecule has 5 nitrogen and oxygen atoms in total. The van der Waals surface area contributed by atoms with E-state index in [1.54, 1.807) is 0 Å². The molecule has 1 heterocycles. The van der Waals surface area contributed by atoms with E-state index in [0.717, 1.165) is 37.9 Å². The molecule has 1 aliphatic carbocycles. The molecule has 2 N–H and O–H groups in total. The highest BCUT2D eigenvalue weighted by Gasteiger charge is 2.29. The minimum atomic E-state index is -0.693. The van der Waals surface area contributed by atoms with Crippen molar-refractivity contribution in [3.8, 4) is 0 Å². The lowest BCUT2D eigenvalue weighted by Gasteiger charge is -2.32. The van der Waals surface area contributed by atoms with Crippen molar-refractivity contribution < 1.29 is 9.90 Å². The van der Waals surface area contributed by atoms with Crippen molar-refractivity contribution in [1.29, 1.82) is 0 Å². The average Bonchev–Trinajstić information content (AvgIpc) is 2.77. The Labute approximate surface area is 145 Å². The lowest BCUT2D eigenvalue weighted by molar-refractivity contribution is -0.122. The van der Waals surface area contributed by atoms with Crippen LogP contribution in [0.1, 0.15) is 69.3 Å². The Morgan fingerprint density at radius 2 is 1.96 bits per heavy atom. The zero-order valence-electron chi connectivity index (χ0n) is 15.7. The average molecular weight is 335 g/mol. The van der Waals surface area contributed by atoms with Gasteiger partial charge < -0.3 is 10.4 Å². The fourth-order valence-electron chi connectivity index (χ4n) is 3.60. The number of nitrogens with zero attached hydrogens (tertiary/aromatic N) is 2. The number of amides is 1. The summed E-state index contributed by atoms with van der Waals surface area (Å²) >= 11 is 0. The Balaban J connectivity index is 1.84. The predicted molar refractivity (Wildman–Crippen MR) is 95.9 cm³/mol. The Morgan fingerprint density at radius 1 is 1.29 bits per heavy atom. The van der Waals surface area contributed by atoms with Crippen molar-refractivity contribution >= 4 is 5.91 Å². The van der Waals surface area contributed by atoms with Crippen LogP contribution >= 0.6 is 0 Å². The first-order valence-corrected chi connectivity index (χ1v) is 9.33. The molecule has 1 aromatic heterocycles. The van der Waals surface area contributed by atoms with Crippen LogP contribution in [-0.4, -0.2) is 32.9 Å². The van der Waals surface area contributed by atoms with Crippen LogP contribution in [0.2, 0.25) is 0 Å². The molecule has 5 heteroatoms. The van der Waals surface area contributed by atoms with Gasteiger partial charge in [-0.2, -0.15) is 5.10 Å². The molecule has 0 bridgehead atoms. The van der Waals surface area contributed by atoms with Crippen molar-refractivity contribution in [3.63, 3.8) is 0 Å². The third kappa shape index (κ3) is 5.07. The van der Waals surface area contributed by atoms with Gasteiger partial charge in [0.15, 0.2) is 0 Å². The van der Waals surface area contributed by atoms with E-state index in [1.807, 2.05) is 6.92 Å². The number of hydrogen-bond acceptors (Lipinski definition) is 3. The van der Waals surface area contributed by atoms with Crippen LogP contribution in [0, 0.1) is 19.8 Å². The van der Waals surface area contributed by atoms with E-state index in [2.05, 4.69) is 35.9 Å². The lowest BCUT2D eigenvalue weighted by Crippen LogP contribution is -2.44. The summed E-state index contributed by atoms with van der Waals surface area (Å²) < 4.78 is 2.05. The van der Waals surface area contributed by atoms with E-state index in [1.165, 1.54) is 17.7 Å². The molecule has 1 amide bonds. The van der Waals surface area contributed by atoms with E-state index in [-0.39, 0.29) is 5.91 Å². The summed E-state index contributed by atoms with van der Waals surface area (Å²) in [6.45, 7) is 9.75. The number of rotatable bonds is 7. The van der Waals surface area contributed by atoms with Gasteiger partial charge in [-0.15, -0.1) is 0 Å². The minimum absolute atomic E-state index is 0.0180. The summed E-state index contributed by atoms with van der Waals surface area (Å²) in [6, 6.07) is 0. The maximum atomic E-state index is 12.2. The number of hydrogen-bond donors (Lipinski definition) is 2. The number of aryl methyl sites for hydroxylation is 1. The molecule has 0 aliphatic heterocycles. The first-order valence-electron chi connectivity index (χ1n) is 9.33. The number of carbonyl (C=O) groups excluding carboxylic acids is 1. The fourth-order valence-corrected chi connectivity index (χ4v) is 3.60. The van der Waals surface area contributed by atoms with E-state index in [4.69, 9.17) is 0 Å². The molecule has 1 aromatic rings. The largest absolute Gasteiger partial charge is 0.388 e. The van der Waals surface area contributed by atoms with Gasteiger partial charge >= 0.3 is 0 Å². The zero-order valence-corrected chi connectivity index (χ0v) is 15.7. The van der Waals surface area contributed by atoms with Gasteiger partial charge in [0.05, 0.1) is 11.3 Å². The number of nitrogens with one attached hydrogen (secondary N) is 1. The molecule has 1 aliphatic rings. The van der Waals surface area contributed by atoms with Gasteiger partial charge in [0.2, 0.25) is 5.91 Å². The summed E-state index contributed by atoms with van der Waals surface area (Å²) in [6.07, 6.45) is 6.06. The lowest BCUT2D eigenvalue weighted by atomic mass is 9.85. The summed E-state index contributed by atoms with van der Waals surface area (Å²) in [5.41, 5.74) is 2.68.